The summed E-state index contributed by atoms with van der Waals surface area (Å²) in [5.41, 5.74) is 8.30. The summed E-state index contributed by atoms with van der Waals surface area (Å²) >= 11 is 0. The van der Waals surface area contributed by atoms with E-state index in [1.807, 2.05) is 0 Å². The van der Waals surface area contributed by atoms with Gasteiger partial charge >= 0.3 is 0 Å². The molecule has 90 valence electrons. The normalized spacial score (nSPS) is 47.4. The molecule has 1 aromatic rings. The van der Waals surface area contributed by atoms with Gasteiger partial charge < -0.3 is 5.73 Å². The molecule has 5 rings (SSSR count). The van der Waals surface area contributed by atoms with Crippen molar-refractivity contribution in [1.82, 2.24) is 0 Å². The predicted molar refractivity (Wildman–Crippen MR) is 69.4 cm³/mol. The van der Waals surface area contributed by atoms with Gasteiger partial charge in [0.25, 0.3) is 0 Å². The second kappa shape index (κ2) is 3.35. The van der Waals surface area contributed by atoms with Gasteiger partial charge in [-0.3, -0.25) is 0 Å². The van der Waals surface area contributed by atoms with Gasteiger partial charge in [0.15, 0.2) is 0 Å². The third-order valence-electron chi connectivity index (χ3n) is 5.76. The molecule has 0 spiro atoms. The Hall–Kier alpha value is -0.820. The highest BCUT2D eigenvalue weighted by molar-refractivity contribution is 5.29. The second-order valence-corrected chi connectivity index (χ2v) is 6.60. The highest BCUT2D eigenvalue weighted by atomic mass is 14.8. The summed E-state index contributed by atoms with van der Waals surface area (Å²) in [6, 6.07) is 10.9. The Labute approximate surface area is 103 Å². The van der Waals surface area contributed by atoms with Gasteiger partial charge in [-0.15, -0.1) is 0 Å². The quantitative estimate of drug-likeness (QED) is 0.782. The fraction of sp³-hybridized carbons (Fsp3) is 0.625. The summed E-state index contributed by atoms with van der Waals surface area (Å²) in [5, 5.41) is 0. The summed E-state index contributed by atoms with van der Waals surface area (Å²) in [6.07, 6.45) is 7.05. The molecule has 0 unspecified atom stereocenters. The van der Waals surface area contributed by atoms with Gasteiger partial charge in [-0.2, -0.15) is 0 Å². The van der Waals surface area contributed by atoms with Gasteiger partial charge in [-0.05, 0) is 61.3 Å². The minimum absolute atomic E-state index is 0.00528. The van der Waals surface area contributed by atoms with Crippen molar-refractivity contribution < 1.29 is 0 Å². The highest BCUT2D eigenvalue weighted by Crippen LogP contribution is 2.60. The summed E-state index contributed by atoms with van der Waals surface area (Å²) in [7, 11) is 0. The lowest BCUT2D eigenvalue weighted by Crippen LogP contribution is -2.60. The Bertz CT molecular complexity index is 394. The van der Waals surface area contributed by atoms with Crippen LogP contribution in [0.25, 0.3) is 0 Å². The summed E-state index contributed by atoms with van der Waals surface area (Å²) < 4.78 is 0. The van der Waals surface area contributed by atoms with Crippen LogP contribution in [0.3, 0.4) is 0 Å². The van der Waals surface area contributed by atoms with E-state index >= 15 is 0 Å². The lowest BCUT2D eigenvalue weighted by molar-refractivity contribution is -0.0584. The highest BCUT2D eigenvalue weighted by Gasteiger charge is 2.55. The van der Waals surface area contributed by atoms with Crippen LogP contribution in [0.5, 0.6) is 0 Å². The first kappa shape index (κ1) is 10.1. The molecule has 0 heterocycles. The van der Waals surface area contributed by atoms with Crippen LogP contribution in [0.4, 0.5) is 0 Å². The van der Waals surface area contributed by atoms with Gasteiger partial charge in [0, 0.05) is 5.54 Å². The maximum Gasteiger partial charge on any atom is 0.0467 e. The Kier molecular flexibility index (Phi) is 2.00. The van der Waals surface area contributed by atoms with Gasteiger partial charge in [-0.25, -0.2) is 0 Å². The molecule has 0 radical (unpaired) electrons. The molecular weight excluding hydrogens is 206 g/mol. The van der Waals surface area contributed by atoms with Crippen LogP contribution in [0.2, 0.25) is 0 Å². The molecule has 1 heteroatoms. The smallest absolute Gasteiger partial charge is 0.0467 e. The van der Waals surface area contributed by atoms with E-state index in [0.717, 1.165) is 23.7 Å². The molecule has 4 aliphatic carbocycles. The van der Waals surface area contributed by atoms with Gasteiger partial charge in [0.2, 0.25) is 0 Å². The molecule has 17 heavy (non-hydrogen) atoms. The summed E-state index contributed by atoms with van der Waals surface area (Å²) in [6.45, 7) is 0. The first-order valence-corrected chi connectivity index (χ1v) is 7.11. The summed E-state index contributed by atoms with van der Waals surface area (Å²) in [5.74, 6) is 3.50. The lowest BCUT2D eigenvalue weighted by Gasteiger charge is -2.60. The molecule has 2 N–H and O–H groups in total. The Balaban J connectivity index is 1.78. The average Bonchev–Trinajstić information content (AvgIpc) is 2.36. The molecule has 0 aliphatic heterocycles. The van der Waals surface area contributed by atoms with Crippen molar-refractivity contribution in [3.05, 3.63) is 35.9 Å². The zero-order chi connectivity index (χ0) is 11.5. The van der Waals surface area contributed by atoms with Crippen molar-refractivity contribution in [3.8, 4) is 0 Å². The van der Waals surface area contributed by atoms with Crippen molar-refractivity contribution in [2.75, 3.05) is 0 Å². The van der Waals surface area contributed by atoms with Crippen LogP contribution in [0.15, 0.2) is 30.3 Å². The van der Waals surface area contributed by atoms with Crippen molar-refractivity contribution in [3.63, 3.8) is 0 Å². The monoisotopic (exact) mass is 227 g/mol. The van der Waals surface area contributed by atoms with Crippen LogP contribution in [-0.4, -0.2) is 0 Å². The maximum absolute atomic E-state index is 6.91. The molecule has 0 aromatic heterocycles. The second-order valence-electron chi connectivity index (χ2n) is 6.60. The SMILES string of the molecule is NC1(c2ccccc2)[C@H]2C[C@H]3C[C@H](C2)C[C@H]1C3. The van der Waals surface area contributed by atoms with E-state index < -0.39 is 0 Å². The van der Waals surface area contributed by atoms with Crippen LogP contribution in [-0.2, 0) is 5.54 Å². The largest absolute Gasteiger partial charge is 0.321 e. The predicted octanol–water partition coefficient (Wildman–Crippen LogP) is 3.30. The Morgan fingerprint density at radius 2 is 1.35 bits per heavy atom. The van der Waals surface area contributed by atoms with E-state index in [-0.39, 0.29) is 5.54 Å². The van der Waals surface area contributed by atoms with Gasteiger partial charge in [-0.1, -0.05) is 30.3 Å². The van der Waals surface area contributed by atoms with Gasteiger partial charge in [0.05, 0.1) is 0 Å². The minimum atomic E-state index is -0.00528. The molecule has 0 saturated heterocycles. The minimum Gasteiger partial charge on any atom is -0.321 e. The third-order valence-corrected chi connectivity index (χ3v) is 5.76. The number of benzene rings is 1. The molecule has 4 bridgehead atoms. The van der Waals surface area contributed by atoms with Crippen LogP contribution >= 0.6 is 0 Å². The van der Waals surface area contributed by atoms with Crippen molar-refractivity contribution >= 4 is 0 Å². The van der Waals surface area contributed by atoms with Crippen LogP contribution in [0.1, 0.15) is 37.7 Å². The number of hydrogen-bond acceptors (Lipinski definition) is 1. The standard InChI is InChI=1S/C16H21N/c17-16(13-4-2-1-3-5-13)14-7-11-6-12(9-14)10-15(16)8-11/h1-5,11-12,14-15H,6-10,17H2/t11-,12-,14-,15+,16?. The molecule has 4 saturated carbocycles. The number of nitrogens with two attached hydrogens (primary N) is 1. The Morgan fingerprint density at radius 3 is 1.88 bits per heavy atom. The first-order chi connectivity index (χ1) is 8.27. The van der Waals surface area contributed by atoms with E-state index in [2.05, 4.69) is 30.3 Å². The van der Waals surface area contributed by atoms with Crippen molar-refractivity contribution in [2.45, 2.75) is 37.6 Å². The van der Waals surface area contributed by atoms with Crippen LogP contribution < -0.4 is 5.73 Å². The number of rotatable bonds is 1. The molecular formula is C16H21N. The first-order valence-electron chi connectivity index (χ1n) is 7.11. The molecule has 1 nitrogen and oxygen atoms in total. The van der Waals surface area contributed by atoms with Gasteiger partial charge in [0.1, 0.15) is 0 Å². The topological polar surface area (TPSA) is 26.0 Å². The number of hydrogen-bond donors (Lipinski definition) is 1. The maximum atomic E-state index is 6.91. The fourth-order valence-electron chi connectivity index (χ4n) is 5.16. The van der Waals surface area contributed by atoms with Crippen molar-refractivity contribution in [2.24, 2.45) is 29.4 Å². The average molecular weight is 227 g/mol. The Morgan fingerprint density at radius 1 is 0.824 bits per heavy atom. The van der Waals surface area contributed by atoms with E-state index in [4.69, 9.17) is 5.73 Å². The molecule has 4 fully saturated rings. The zero-order valence-corrected chi connectivity index (χ0v) is 10.3. The third kappa shape index (κ3) is 1.29. The summed E-state index contributed by atoms with van der Waals surface area (Å²) in [4.78, 5) is 0. The van der Waals surface area contributed by atoms with E-state index in [1.165, 1.54) is 37.7 Å². The van der Waals surface area contributed by atoms with Crippen molar-refractivity contribution in [1.29, 1.82) is 0 Å². The zero-order valence-electron chi connectivity index (χ0n) is 10.3. The van der Waals surface area contributed by atoms with Crippen LogP contribution in [0, 0.1) is 23.7 Å². The lowest BCUT2D eigenvalue weighted by atomic mass is 9.47. The fourth-order valence-corrected chi connectivity index (χ4v) is 5.16. The van der Waals surface area contributed by atoms with E-state index in [0.29, 0.717) is 0 Å². The molecule has 0 amide bonds. The van der Waals surface area contributed by atoms with E-state index in [9.17, 15) is 0 Å². The molecule has 1 aromatic carbocycles. The van der Waals surface area contributed by atoms with E-state index in [1.54, 1.807) is 0 Å². The molecule has 4 aliphatic rings. The molecule has 0 atom stereocenters.